The van der Waals surface area contributed by atoms with E-state index in [1.807, 2.05) is 62.4 Å². The average Bonchev–Trinajstić information content (AvgIpc) is 3.02. The molecule has 1 heterocycles. The third-order valence-electron chi connectivity index (χ3n) is 4.55. The van der Waals surface area contributed by atoms with Crippen molar-refractivity contribution in [3.8, 4) is 17.2 Å². The summed E-state index contributed by atoms with van der Waals surface area (Å²) in [5.74, 6) is 1.99. The van der Waals surface area contributed by atoms with Gasteiger partial charge in [-0.2, -0.15) is 0 Å². The van der Waals surface area contributed by atoms with Crippen LogP contribution in [0.3, 0.4) is 0 Å². The van der Waals surface area contributed by atoms with Crippen LogP contribution in [0.2, 0.25) is 0 Å². The Hall–Kier alpha value is -2.55. The summed E-state index contributed by atoms with van der Waals surface area (Å²) in [6.45, 7) is 6.23. The molecule has 2 aromatic carbocycles. The fourth-order valence-electron chi connectivity index (χ4n) is 2.86. The summed E-state index contributed by atoms with van der Waals surface area (Å²) in [6, 6.07) is 13.5. The summed E-state index contributed by atoms with van der Waals surface area (Å²) in [6.07, 6.45) is 1.81. The van der Waals surface area contributed by atoms with Crippen molar-refractivity contribution >= 4 is 40.3 Å². The molecular weight excluding hydrogens is 446 g/mol. The highest BCUT2D eigenvalue weighted by molar-refractivity contribution is 8.26. The fraction of sp³-hybridized carbons (Fsp3) is 0.333. The molecule has 0 bridgehead atoms. The first-order valence-corrected chi connectivity index (χ1v) is 11.6. The lowest BCUT2D eigenvalue weighted by Crippen LogP contribution is -2.22. The van der Waals surface area contributed by atoms with Crippen molar-refractivity contribution in [1.29, 1.82) is 0 Å². The molecule has 0 spiro atoms. The van der Waals surface area contributed by atoms with Crippen LogP contribution in [0.4, 0.5) is 0 Å². The quantitative estimate of drug-likeness (QED) is 0.266. The minimum Gasteiger partial charge on any atom is -0.491 e. The van der Waals surface area contributed by atoms with Gasteiger partial charge in [-0.25, -0.2) is 0 Å². The number of aryl methyl sites for hydroxylation is 1. The molecule has 0 radical (unpaired) electrons. The van der Waals surface area contributed by atoms with Gasteiger partial charge in [-0.05, 0) is 49.8 Å². The second kappa shape index (κ2) is 11.9. The minimum absolute atomic E-state index is 0.0956. The van der Waals surface area contributed by atoms with Gasteiger partial charge in [0, 0.05) is 7.05 Å². The van der Waals surface area contributed by atoms with E-state index in [4.69, 9.17) is 31.2 Å². The van der Waals surface area contributed by atoms with Crippen LogP contribution in [-0.2, 0) is 9.53 Å². The summed E-state index contributed by atoms with van der Waals surface area (Å²) in [7, 11) is 1.68. The number of hydrogen-bond acceptors (Lipinski definition) is 7. The predicted molar refractivity (Wildman–Crippen MR) is 132 cm³/mol. The highest BCUT2D eigenvalue weighted by Crippen LogP contribution is 2.34. The Morgan fingerprint density at radius 2 is 1.69 bits per heavy atom. The zero-order valence-electron chi connectivity index (χ0n) is 18.5. The topological polar surface area (TPSA) is 57.2 Å². The van der Waals surface area contributed by atoms with Gasteiger partial charge in [-0.1, -0.05) is 47.7 Å². The number of thiocarbonyl (C=S) groups is 1. The lowest BCUT2D eigenvalue weighted by molar-refractivity contribution is -0.121. The first kappa shape index (κ1) is 24.1. The standard InChI is InChI=1S/C24H27NO5S2/c1-4-28-21-15-18(16-22-23(26)25(3)24(31)32-22)7-10-20(21)30-14-12-27-11-13-29-19-8-5-17(2)6-9-19/h5-10,15-16H,4,11-14H2,1-3H3/b22-16-. The average molecular weight is 474 g/mol. The van der Waals surface area contributed by atoms with Crippen LogP contribution in [0.1, 0.15) is 18.1 Å². The zero-order chi connectivity index (χ0) is 22.9. The summed E-state index contributed by atoms with van der Waals surface area (Å²) in [5, 5.41) is 0. The molecule has 32 heavy (non-hydrogen) atoms. The summed E-state index contributed by atoms with van der Waals surface area (Å²) >= 11 is 6.47. The maximum atomic E-state index is 12.2. The molecule has 170 valence electrons. The van der Waals surface area contributed by atoms with Crippen molar-refractivity contribution in [3.63, 3.8) is 0 Å². The number of thioether (sulfide) groups is 1. The van der Waals surface area contributed by atoms with E-state index < -0.39 is 0 Å². The van der Waals surface area contributed by atoms with Gasteiger partial charge < -0.3 is 18.9 Å². The lowest BCUT2D eigenvalue weighted by atomic mass is 10.2. The summed E-state index contributed by atoms with van der Waals surface area (Å²) in [5.41, 5.74) is 2.05. The molecule has 1 aliphatic heterocycles. The molecule has 8 heteroatoms. The fourth-order valence-corrected chi connectivity index (χ4v) is 4.04. The number of amides is 1. The molecule has 0 unspecified atom stereocenters. The molecule has 0 aromatic heterocycles. The van der Waals surface area contributed by atoms with E-state index in [1.54, 1.807) is 7.05 Å². The molecule has 1 saturated heterocycles. The molecule has 0 saturated carbocycles. The molecule has 0 atom stereocenters. The highest BCUT2D eigenvalue weighted by Gasteiger charge is 2.28. The molecule has 1 fully saturated rings. The SMILES string of the molecule is CCOc1cc(/C=C2\SC(=S)N(C)C2=O)ccc1OCCOCCOc1ccc(C)cc1. The van der Waals surface area contributed by atoms with Gasteiger partial charge in [-0.3, -0.25) is 9.69 Å². The maximum absolute atomic E-state index is 12.2. The monoisotopic (exact) mass is 473 g/mol. The molecule has 1 aliphatic rings. The Kier molecular flexibility index (Phi) is 8.96. The Balaban J connectivity index is 1.47. The lowest BCUT2D eigenvalue weighted by Gasteiger charge is -2.13. The van der Waals surface area contributed by atoms with Crippen molar-refractivity contribution < 1.29 is 23.7 Å². The zero-order valence-corrected chi connectivity index (χ0v) is 20.1. The normalized spacial score (nSPS) is 14.8. The molecule has 0 N–H and O–H groups in total. The Morgan fingerprint density at radius 3 is 2.34 bits per heavy atom. The molecular formula is C24H27NO5S2. The van der Waals surface area contributed by atoms with Gasteiger partial charge in [0.25, 0.3) is 5.91 Å². The van der Waals surface area contributed by atoms with E-state index in [0.717, 1.165) is 11.3 Å². The Bertz CT molecular complexity index is 975. The molecule has 6 nitrogen and oxygen atoms in total. The first-order valence-electron chi connectivity index (χ1n) is 10.4. The first-order chi connectivity index (χ1) is 15.5. The maximum Gasteiger partial charge on any atom is 0.265 e. The van der Waals surface area contributed by atoms with E-state index in [0.29, 0.717) is 53.8 Å². The van der Waals surface area contributed by atoms with Crippen molar-refractivity contribution in [2.45, 2.75) is 13.8 Å². The number of carbonyl (C=O) groups is 1. The number of likely N-dealkylation sites (N-methyl/N-ethyl adjacent to an activating group) is 1. The number of rotatable bonds is 11. The summed E-state index contributed by atoms with van der Waals surface area (Å²) < 4.78 is 23.3. The van der Waals surface area contributed by atoms with Gasteiger partial charge in [-0.15, -0.1) is 0 Å². The van der Waals surface area contributed by atoms with Crippen LogP contribution in [0.25, 0.3) is 6.08 Å². The van der Waals surface area contributed by atoms with Crippen LogP contribution in [0.5, 0.6) is 17.2 Å². The minimum atomic E-state index is -0.0956. The van der Waals surface area contributed by atoms with Crippen molar-refractivity contribution in [3.05, 3.63) is 58.5 Å². The number of nitrogens with zero attached hydrogens (tertiary/aromatic N) is 1. The van der Waals surface area contributed by atoms with E-state index in [-0.39, 0.29) is 5.91 Å². The van der Waals surface area contributed by atoms with Crippen molar-refractivity contribution in [2.75, 3.05) is 40.1 Å². The van der Waals surface area contributed by atoms with E-state index in [2.05, 4.69) is 0 Å². The predicted octanol–water partition coefficient (Wildman–Crippen LogP) is 4.70. The number of carbonyl (C=O) groups excluding carboxylic acids is 1. The van der Waals surface area contributed by atoms with Crippen LogP contribution in [-0.4, -0.2) is 55.2 Å². The van der Waals surface area contributed by atoms with Gasteiger partial charge >= 0.3 is 0 Å². The molecule has 3 rings (SSSR count). The van der Waals surface area contributed by atoms with E-state index in [9.17, 15) is 4.79 Å². The van der Waals surface area contributed by atoms with E-state index in [1.165, 1.54) is 22.2 Å². The molecule has 0 aliphatic carbocycles. The van der Waals surface area contributed by atoms with Gasteiger partial charge in [0.15, 0.2) is 11.5 Å². The third-order valence-corrected chi connectivity index (χ3v) is 6.04. The Labute approximate surface area is 198 Å². The van der Waals surface area contributed by atoms with Gasteiger partial charge in [0.1, 0.15) is 23.3 Å². The van der Waals surface area contributed by atoms with E-state index >= 15 is 0 Å². The third kappa shape index (κ3) is 6.72. The largest absolute Gasteiger partial charge is 0.491 e. The van der Waals surface area contributed by atoms with Gasteiger partial charge in [0.2, 0.25) is 0 Å². The number of ether oxygens (including phenoxy) is 4. The smallest absolute Gasteiger partial charge is 0.265 e. The van der Waals surface area contributed by atoms with Crippen LogP contribution in [0.15, 0.2) is 47.4 Å². The van der Waals surface area contributed by atoms with Crippen LogP contribution < -0.4 is 14.2 Å². The van der Waals surface area contributed by atoms with Gasteiger partial charge in [0.05, 0.1) is 24.7 Å². The number of benzene rings is 2. The number of hydrogen-bond donors (Lipinski definition) is 0. The van der Waals surface area contributed by atoms with Crippen LogP contribution >= 0.6 is 24.0 Å². The Morgan fingerprint density at radius 1 is 0.969 bits per heavy atom. The van der Waals surface area contributed by atoms with Crippen molar-refractivity contribution in [1.82, 2.24) is 4.90 Å². The molecule has 1 amide bonds. The summed E-state index contributed by atoms with van der Waals surface area (Å²) in [4.78, 5) is 14.3. The van der Waals surface area contributed by atoms with Crippen molar-refractivity contribution in [2.24, 2.45) is 0 Å². The second-order valence-electron chi connectivity index (χ2n) is 7.00. The van der Waals surface area contributed by atoms with Crippen LogP contribution in [0, 0.1) is 6.92 Å². The highest BCUT2D eigenvalue weighted by atomic mass is 32.2. The second-order valence-corrected chi connectivity index (χ2v) is 8.68. The molecule has 2 aromatic rings.